The van der Waals surface area contributed by atoms with Gasteiger partial charge in [0.15, 0.2) is 0 Å². The highest BCUT2D eigenvalue weighted by Crippen LogP contribution is 2.31. The SMILES string of the molecule is Cc1cc(C)c(NC(=O)C2CCC(C(=O)NCc3cccnc3)CC2)c(C)c1. The van der Waals surface area contributed by atoms with Crippen LogP contribution in [0.3, 0.4) is 0 Å². The third kappa shape index (κ3) is 4.97. The third-order valence-corrected chi connectivity index (χ3v) is 5.58. The van der Waals surface area contributed by atoms with Gasteiger partial charge in [-0.3, -0.25) is 14.6 Å². The van der Waals surface area contributed by atoms with Gasteiger partial charge in [0.2, 0.25) is 11.8 Å². The van der Waals surface area contributed by atoms with Crippen LogP contribution in [0.15, 0.2) is 36.7 Å². The van der Waals surface area contributed by atoms with E-state index in [0.29, 0.717) is 6.54 Å². The molecule has 1 fully saturated rings. The normalized spacial score (nSPS) is 19.1. The molecule has 1 aromatic heterocycles. The van der Waals surface area contributed by atoms with Crippen LogP contribution in [0.2, 0.25) is 0 Å². The summed E-state index contributed by atoms with van der Waals surface area (Å²) in [5.74, 6) is 0.114. The molecule has 1 aromatic carbocycles. The number of aryl methyl sites for hydroxylation is 3. The molecule has 2 aromatic rings. The zero-order chi connectivity index (χ0) is 20.1. The lowest BCUT2D eigenvalue weighted by molar-refractivity contribution is -0.128. The van der Waals surface area contributed by atoms with Gasteiger partial charge in [0.05, 0.1) is 0 Å². The number of hydrogen-bond acceptors (Lipinski definition) is 3. The molecule has 0 saturated heterocycles. The lowest BCUT2D eigenvalue weighted by Crippen LogP contribution is -2.35. The van der Waals surface area contributed by atoms with Gasteiger partial charge in [-0.15, -0.1) is 0 Å². The maximum absolute atomic E-state index is 12.7. The summed E-state index contributed by atoms with van der Waals surface area (Å²) >= 11 is 0. The Hall–Kier alpha value is -2.69. The zero-order valence-corrected chi connectivity index (χ0v) is 16.9. The molecular weight excluding hydrogens is 350 g/mol. The maximum Gasteiger partial charge on any atom is 0.227 e. The molecule has 1 aliphatic rings. The third-order valence-electron chi connectivity index (χ3n) is 5.58. The molecule has 0 bridgehead atoms. The summed E-state index contributed by atoms with van der Waals surface area (Å²) in [6.07, 6.45) is 6.49. The zero-order valence-electron chi connectivity index (χ0n) is 16.9. The van der Waals surface area contributed by atoms with Gasteiger partial charge < -0.3 is 10.6 Å². The van der Waals surface area contributed by atoms with Crippen molar-refractivity contribution in [2.24, 2.45) is 11.8 Å². The first-order valence-corrected chi connectivity index (χ1v) is 9.99. The van der Waals surface area contributed by atoms with E-state index in [1.54, 1.807) is 12.4 Å². The van der Waals surface area contributed by atoms with Crippen LogP contribution in [0.25, 0.3) is 0 Å². The molecule has 2 amide bonds. The standard InChI is InChI=1S/C23H29N3O2/c1-15-11-16(2)21(17(3)12-15)26-23(28)20-8-6-19(7-9-20)22(27)25-14-18-5-4-10-24-13-18/h4-5,10-13,19-20H,6-9,14H2,1-3H3,(H,25,27)(H,26,28). The minimum Gasteiger partial charge on any atom is -0.352 e. The number of carbonyl (C=O) groups excluding carboxylic acids is 2. The van der Waals surface area contributed by atoms with E-state index < -0.39 is 0 Å². The summed E-state index contributed by atoms with van der Waals surface area (Å²) in [7, 11) is 0. The van der Waals surface area contributed by atoms with Gasteiger partial charge in [-0.05, 0) is 69.2 Å². The molecule has 0 aliphatic heterocycles. The van der Waals surface area contributed by atoms with E-state index in [0.717, 1.165) is 48.1 Å². The van der Waals surface area contributed by atoms with Gasteiger partial charge in [-0.1, -0.05) is 23.8 Å². The van der Waals surface area contributed by atoms with Crippen LogP contribution >= 0.6 is 0 Å². The highest BCUT2D eigenvalue weighted by atomic mass is 16.2. The second-order valence-electron chi connectivity index (χ2n) is 7.89. The van der Waals surface area contributed by atoms with E-state index in [1.165, 1.54) is 5.56 Å². The number of aromatic nitrogens is 1. The quantitative estimate of drug-likeness (QED) is 0.823. The van der Waals surface area contributed by atoms with Crippen LogP contribution in [-0.2, 0) is 16.1 Å². The maximum atomic E-state index is 12.7. The highest BCUT2D eigenvalue weighted by molar-refractivity contribution is 5.94. The Bertz CT molecular complexity index is 817. The number of nitrogens with one attached hydrogen (secondary N) is 2. The summed E-state index contributed by atoms with van der Waals surface area (Å²) in [5.41, 5.74) is 5.30. The number of anilines is 1. The van der Waals surface area contributed by atoms with Crippen LogP contribution < -0.4 is 10.6 Å². The first-order chi connectivity index (χ1) is 13.4. The minimum atomic E-state index is -0.0255. The van der Waals surface area contributed by atoms with E-state index in [2.05, 4.69) is 34.7 Å². The number of amides is 2. The minimum absolute atomic E-state index is 0.0106. The van der Waals surface area contributed by atoms with Gasteiger partial charge in [0, 0.05) is 36.5 Å². The van der Waals surface area contributed by atoms with Gasteiger partial charge in [-0.2, -0.15) is 0 Å². The number of hydrogen-bond donors (Lipinski definition) is 2. The summed E-state index contributed by atoms with van der Waals surface area (Å²) in [6.45, 7) is 6.61. The number of pyridine rings is 1. The Morgan fingerprint density at radius 1 is 1.00 bits per heavy atom. The van der Waals surface area contributed by atoms with Crippen LogP contribution in [0, 0.1) is 32.6 Å². The van der Waals surface area contributed by atoms with E-state index in [4.69, 9.17) is 0 Å². The molecular formula is C23H29N3O2. The smallest absolute Gasteiger partial charge is 0.227 e. The Morgan fingerprint density at radius 3 is 2.18 bits per heavy atom. The summed E-state index contributed by atoms with van der Waals surface area (Å²) in [6, 6.07) is 7.99. The Kier molecular flexibility index (Phi) is 6.45. The van der Waals surface area contributed by atoms with Crippen molar-refractivity contribution in [1.82, 2.24) is 10.3 Å². The van der Waals surface area contributed by atoms with Crippen molar-refractivity contribution in [2.45, 2.75) is 53.0 Å². The Labute approximate surface area is 167 Å². The fourth-order valence-electron chi connectivity index (χ4n) is 4.06. The van der Waals surface area contributed by atoms with Crippen molar-refractivity contribution in [3.8, 4) is 0 Å². The molecule has 148 valence electrons. The monoisotopic (exact) mass is 379 g/mol. The second kappa shape index (κ2) is 9.00. The molecule has 3 rings (SSSR count). The van der Waals surface area contributed by atoms with Crippen LogP contribution in [0.5, 0.6) is 0 Å². The Balaban J connectivity index is 1.49. The fraction of sp³-hybridized carbons (Fsp3) is 0.435. The first-order valence-electron chi connectivity index (χ1n) is 9.99. The lowest BCUT2D eigenvalue weighted by Gasteiger charge is -2.27. The van der Waals surface area contributed by atoms with E-state index in [-0.39, 0.29) is 23.7 Å². The van der Waals surface area contributed by atoms with Crippen molar-refractivity contribution in [3.63, 3.8) is 0 Å². The van der Waals surface area contributed by atoms with Gasteiger partial charge in [0.25, 0.3) is 0 Å². The molecule has 1 aliphatic carbocycles. The molecule has 1 heterocycles. The first kappa shape index (κ1) is 20.1. The van der Waals surface area contributed by atoms with Crippen molar-refractivity contribution in [2.75, 3.05) is 5.32 Å². The van der Waals surface area contributed by atoms with Crippen LogP contribution in [0.4, 0.5) is 5.69 Å². The van der Waals surface area contributed by atoms with Crippen molar-refractivity contribution >= 4 is 17.5 Å². The van der Waals surface area contributed by atoms with Gasteiger partial charge >= 0.3 is 0 Å². The van der Waals surface area contributed by atoms with Crippen molar-refractivity contribution < 1.29 is 9.59 Å². The molecule has 2 N–H and O–H groups in total. The number of rotatable bonds is 5. The molecule has 1 saturated carbocycles. The van der Waals surface area contributed by atoms with Gasteiger partial charge in [0.1, 0.15) is 0 Å². The van der Waals surface area contributed by atoms with E-state index in [1.807, 2.05) is 26.0 Å². The number of benzene rings is 1. The highest BCUT2D eigenvalue weighted by Gasteiger charge is 2.30. The predicted molar refractivity (Wildman–Crippen MR) is 111 cm³/mol. The Morgan fingerprint density at radius 2 is 1.61 bits per heavy atom. The van der Waals surface area contributed by atoms with Gasteiger partial charge in [-0.25, -0.2) is 0 Å². The summed E-state index contributed by atoms with van der Waals surface area (Å²) < 4.78 is 0. The topological polar surface area (TPSA) is 71.1 Å². The van der Waals surface area contributed by atoms with Crippen LogP contribution in [0.1, 0.15) is 47.9 Å². The lowest BCUT2D eigenvalue weighted by atomic mass is 9.81. The summed E-state index contributed by atoms with van der Waals surface area (Å²) in [5, 5.41) is 6.11. The predicted octanol–water partition coefficient (Wildman–Crippen LogP) is 4.07. The average molecular weight is 380 g/mol. The van der Waals surface area contributed by atoms with Crippen LogP contribution in [-0.4, -0.2) is 16.8 Å². The average Bonchev–Trinajstić information content (AvgIpc) is 2.69. The molecule has 0 atom stereocenters. The number of nitrogens with zero attached hydrogens (tertiary/aromatic N) is 1. The second-order valence-corrected chi connectivity index (χ2v) is 7.89. The molecule has 5 nitrogen and oxygen atoms in total. The molecule has 5 heteroatoms. The van der Waals surface area contributed by atoms with E-state index >= 15 is 0 Å². The molecule has 0 unspecified atom stereocenters. The van der Waals surface area contributed by atoms with Crippen molar-refractivity contribution in [3.05, 3.63) is 58.9 Å². The summed E-state index contributed by atoms with van der Waals surface area (Å²) in [4.78, 5) is 29.2. The molecule has 0 spiro atoms. The fourth-order valence-corrected chi connectivity index (χ4v) is 4.06. The molecule has 28 heavy (non-hydrogen) atoms. The van der Waals surface area contributed by atoms with E-state index in [9.17, 15) is 9.59 Å². The largest absolute Gasteiger partial charge is 0.352 e. The van der Waals surface area contributed by atoms with Crippen molar-refractivity contribution in [1.29, 1.82) is 0 Å². The molecule has 0 radical (unpaired) electrons. The number of carbonyl (C=O) groups is 2.